The third kappa shape index (κ3) is 4.27. The van der Waals surface area contributed by atoms with Crippen LogP contribution in [0.1, 0.15) is 18.1 Å². The number of carbonyl (C=O) groups is 1. The van der Waals surface area contributed by atoms with Crippen LogP contribution in [0.2, 0.25) is 10.0 Å². The number of halogens is 2. The van der Waals surface area contributed by atoms with Gasteiger partial charge in [0.15, 0.2) is 6.04 Å². The molecule has 4 nitrogen and oxygen atoms in total. The lowest BCUT2D eigenvalue weighted by Gasteiger charge is -2.22. The summed E-state index contributed by atoms with van der Waals surface area (Å²) in [6.45, 7) is 2.39. The van der Waals surface area contributed by atoms with Crippen LogP contribution in [0.5, 0.6) is 0 Å². The number of hydrogen-bond acceptors (Lipinski definition) is 2. The van der Waals surface area contributed by atoms with Crippen LogP contribution < -0.4 is 10.2 Å². The second-order valence-corrected chi connectivity index (χ2v) is 6.39. The highest BCUT2D eigenvalue weighted by Crippen LogP contribution is 2.24. The molecule has 0 bridgehead atoms. The molecule has 0 radical (unpaired) electrons. The van der Waals surface area contributed by atoms with Crippen LogP contribution in [-0.2, 0) is 11.3 Å². The molecule has 124 valence electrons. The van der Waals surface area contributed by atoms with Gasteiger partial charge in [0.2, 0.25) is 0 Å². The summed E-state index contributed by atoms with van der Waals surface area (Å²) in [5.74, 6) is -0.159. The summed E-state index contributed by atoms with van der Waals surface area (Å²) >= 11 is 12.2. The molecular weight excluding hydrogens is 345 g/mol. The Morgan fingerprint density at radius 3 is 2.67 bits per heavy atom. The predicted molar refractivity (Wildman–Crippen MR) is 96.3 cm³/mol. The zero-order valence-corrected chi connectivity index (χ0v) is 14.9. The fourth-order valence-corrected chi connectivity index (χ4v) is 2.68. The first-order valence-corrected chi connectivity index (χ1v) is 8.24. The number of amides is 1. The average Bonchev–Trinajstić information content (AvgIpc) is 2.58. The fraction of sp³-hybridized carbons (Fsp3) is 0.222. The highest BCUT2D eigenvalue weighted by atomic mass is 35.5. The van der Waals surface area contributed by atoms with Crippen molar-refractivity contribution in [1.29, 1.82) is 5.26 Å². The molecule has 0 aliphatic rings. The number of nitriles is 1. The van der Waals surface area contributed by atoms with E-state index in [1.165, 1.54) is 0 Å². The summed E-state index contributed by atoms with van der Waals surface area (Å²) in [5, 5.41) is 12.9. The Morgan fingerprint density at radius 2 is 1.96 bits per heavy atom. The molecule has 0 heterocycles. The van der Waals surface area contributed by atoms with E-state index in [1.807, 2.05) is 26.1 Å². The number of nitrogens with zero attached hydrogens (tertiary/aromatic N) is 1. The first-order chi connectivity index (χ1) is 11.4. The molecule has 0 fully saturated rings. The highest BCUT2D eigenvalue weighted by molar-refractivity contribution is 6.42. The second-order valence-electron chi connectivity index (χ2n) is 5.60. The molecule has 0 aliphatic heterocycles. The number of likely N-dealkylation sites (N-methyl/N-ethyl adjacent to an activating group) is 1. The van der Waals surface area contributed by atoms with Gasteiger partial charge in [-0.1, -0.05) is 47.5 Å². The normalized spacial score (nSPS) is 13.0. The van der Waals surface area contributed by atoms with E-state index >= 15 is 0 Å². The molecule has 2 atom stereocenters. The van der Waals surface area contributed by atoms with Gasteiger partial charge in [0, 0.05) is 5.56 Å². The lowest BCUT2D eigenvalue weighted by atomic mass is 10.1. The van der Waals surface area contributed by atoms with Crippen LogP contribution in [0.25, 0.3) is 0 Å². The van der Waals surface area contributed by atoms with Crippen molar-refractivity contribution >= 4 is 34.8 Å². The molecule has 0 aliphatic carbocycles. The van der Waals surface area contributed by atoms with E-state index in [0.717, 1.165) is 10.5 Å². The van der Waals surface area contributed by atoms with Crippen LogP contribution in [-0.4, -0.2) is 19.0 Å². The minimum Gasteiger partial charge on any atom is -0.324 e. The van der Waals surface area contributed by atoms with Crippen molar-refractivity contribution < 1.29 is 9.69 Å². The largest absolute Gasteiger partial charge is 0.324 e. The van der Waals surface area contributed by atoms with Crippen LogP contribution in [0.15, 0.2) is 42.5 Å². The minimum absolute atomic E-state index is 0.159. The summed E-state index contributed by atoms with van der Waals surface area (Å²) in [6.07, 6.45) is 0. The summed E-state index contributed by atoms with van der Waals surface area (Å²) in [4.78, 5) is 13.4. The molecule has 2 N–H and O–H groups in total. The van der Waals surface area contributed by atoms with E-state index in [4.69, 9.17) is 28.5 Å². The third-order valence-electron chi connectivity index (χ3n) is 3.94. The van der Waals surface area contributed by atoms with Gasteiger partial charge in [-0.2, -0.15) is 5.26 Å². The Kier molecular flexibility index (Phi) is 6.22. The predicted octanol–water partition coefficient (Wildman–Crippen LogP) is 2.91. The molecule has 0 aromatic heterocycles. The minimum atomic E-state index is -0.327. The van der Waals surface area contributed by atoms with Crippen molar-refractivity contribution in [2.45, 2.75) is 19.5 Å². The number of rotatable bonds is 5. The highest BCUT2D eigenvalue weighted by Gasteiger charge is 2.23. The molecule has 1 unspecified atom stereocenters. The van der Waals surface area contributed by atoms with E-state index < -0.39 is 0 Å². The van der Waals surface area contributed by atoms with E-state index in [2.05, 4.69) is 11.4 Å². The van der Waals surface area contributed by atoms with Gasteiger partial charge in [0.05, 0.1) is 28.3 Å². The number of nitrogens with one attached hydrogen (secondary N) is 2. The Hall–Kier alpha value is -2.06. The lowest BCUT2D eigenvalue weighted by molar-refractivity contribution is -0.907. The SMILES string of the molecule is C[C@@H](C(=O)Nc1ccccc1C#N)[NH+](C)Cc1cccc(Cl)c1Cl. The molecule has 2 aromatic rings. The van der Waals surface area contributed by atoms with Crippen LogP contribution in [0, 0.1) is 11.3 Å². The Labute approximate surface area is 151 Å². The molecule has 1 amide bonds. The number of anilines is 1. The van der Waals surface area contributed by atoms with Crippen molar-refractivity contribution in [2.24, 2.45) is 0 Å². The van der Waals surface area contributed by atoms with Gasteiger partial charge < -0.3 is 10.2 Å². The molecule has 0 saturated carbocycles. The molecule has 0 saturated heterocycles. The number of hydrogen-bond donors (Lipinski definition) is 2. The Bertz CT molecular complexity index is 786. The van der Waals surface area contributed by atoms with Crippen molar-refractivity contribution in [2.75, 3.05) is 12.4 Å². The molecule has 24 heavy (non-hydrogen) atoms. The smallest absolute Gasteiger partial charge is 0.282 e. The molecular formula is C18H18Cl2N3O+. The van der Waals surface area contributed by atoms with Gasteiger partial charge in [-0.05, 0) is 25.1 Å². The van der Waals surface area contributed by atoms with Crippen molar-refractivity contribution in [1.82, 2.24) is 0 Å². The van der Waals surface area contributed by atoms with Crippen LogP contribution in [0.4, 0.5) is 5.69 Å². The van der Waals surface area contributed by atoms with Crippen molar-refractivity contribution in [3.63, 3.8) is 0 Å². The number of quaternary nitrogens is 1. The number of carbonyl (C=O) groups excluding carboxylic acids is 1. The third-order valence-corrected chi connectivity index (χ3v) is 4.80. The summed E-state index contributed by atoms with van der Waals surface area (Å²) in [7, 11) is 1.91. The quantitative estimate of drug-likeness (QED) is 0.858. The number of para-hydroxylation sites is 1. The first kappa shape index (κ1) is 18.3. The molecule has 2 aromatic carbocycles. The maximum absolute atomic E-state index is 12.5. The van der Waals surface area contributed by atoms with E-state index in [1.54, 1.807) is 30.3 Å². The second kappa shape index (κ2) is 8.16. The van der Waals surface area contributed by atoms with Crippen LogP contribution >= 0.6 is 23.2 Å². The van der Waals surface area contributed by atoms with E-state index in [0.29, 0.717) is 27.8 Å². The summed E-state index contributed by atoms with van der Waals surface area (Å²) in [6, 6.07) is 14.1. The van der Waals surface area contributed by atoms with Gasteiger partial charge in [-0.25, -0.2) is 0 Å². The first-order valence-electron chi connectivity index (χ1n) is 7.49. The van der Waals surface area contributed by atoms with Crippen molar-refractivity contribution in [3.8, 4) is 6.07 Å². The molecule has 6 heteroatoms. The van der Waals surface area contributed by atoms with Crippen LogP contribution in [0.3, 0.4) is 0 Å². The van der Waals surface area contributed by atoms with Gasteiger partial charge in [0.1, 0.15) is 12.6 Å². The number of benzene rings is 2. The fourth-order valence-electron chi connectivity index (χ4n) is 2.29. The van der Waals surface area contributed by atoms with Gasteiger partial charge in [-0.15, -0.1) is 0 Å². The lowest BCUT2D eigenvalue weighted by Crippen LogP contribution is -3.12. The zero-order valence-electron chi connectivity index (χ0n) is 13.4. The van der Waals surface area contributed by atoms with E-state index in [-0.39, 0.29) is 11.9 Å². The van der Waals surface area contributed by atoms with Crippen molar-refractivity contribution in [3.05, 3.63) is 63.6 Å². The maximum Gasteiger partial charge on any atom is 0.282 e. The summed E-state index contributed by atoms with van der Waals surface area (Å²) < 4.78 is 0. The molecule has 0 spiro atoms. The monoisotopic (exact) mass is 362 g/mol. The van der Waals surface area contributed by atoms with Gasteiger partial charge in [-0.3, -0.25) is 4.79 Å². The topological polar surface area (TPSA) is 57.3 Å². The average molecular weight is 363 g/mol. The summed E-state index contributed by atoms with van der Waals surface area (Å²) in [5.41, 5.74) is 1.85. The Morgan fingerprint density at radius 1 is 1.25 bits per heavy atom. The van der Waals surface area contributed by atoms with Gasteiger partial charge >= 0.3 is 0 Å². The Balaban J connectivity index is 2.07. The van der Waals surface area contributed by atoms with Gasteiger partial charge in [0.25, 0.3) is 5.91 Å². The zero-order chi connectivity index (χ0) is 17.7. The maximum atomic E-state index is 12.5. The molecule has 2 rings (SSSR count). The standard InChI is InChI=1S/C18H17Cl2N3O/c1-12(18(24)22-16-9-4-3-6-13(16)10-21)23(2)11-14-7-5-8-15(19)17(14)20/h3-9,12H,11H2,1-2H3,(H,22,24)/p+1/t12-/m0/s1. The van der Waals surface area contributed by atoms with E-state index in [9.17, 15) is 4.79 Å².